The molecule has 0 aliphatic rings. The first-order chi connectivity index (χ1) is 10.9. The summed E-state index contributed by atoms with van der Waals surface area (Å²) in [6.07, 6.45) is 1.82. The molecular formula is C17H21BrN4O. The molecule has 2 N–H and O–H groups in total. The summed E-state index contributed by atoms with van der Waals surface area (Å²) in [5.74, 6) is 0.887. The van der Waals surface area contributed by atoms with E-state index in [-0.39, 0.29) is 5.54 Å². The van der Waals surface area contributed by atoms with Crippen molar-refractivity contribution in [3.05, 3.63) is 34.7 Å². The second-order valence-electron chi connectivity index (χ2n) is 6.39. The summed E-state index contributed by atoms with van der Waals surface area (Å²) in [5.41, 5.74) is 8.80. The number of ether oxygens (including phenoxy) is 1. The van der Waals surface area contributed by atoms with Gasteiger partial charge < -0.3 is 15.0 Å². The number of hydrogen-bond donors (Lipinski definition) is 1. The van der Waals surface area contributed by atoms with E-state index in [1.54, 1.807) is 0 Å². The van der Waals surface area contributed by atoms with Crippen molar-refractivity contribution >= 4 is 37.9 Å². The molecule has 5 nitrogen and oxygen atoms in total. The quantitative estimate of drug-likeness (QED) is 0.738. The minimum atomic E-state index is -0.348. The Morgan fingerprint density at radius 3 is 2.78 bits per heavy atom. The van der Waals surface area contributed by atoms with Gasteiger partial charge in [0.15, 0.2) is 0 Å². The molecule has 3 aromatic rings. The van der Waals surface area contributed by atoms with Gasteiger partial charge in [0.1, 0.15) is 17.9 Å². The van der Waals surface area contributed by atoms with E-state index in [2.05, 4.69) is 31.5 Å². The topological polar surface area (TPSA) is 66.0 Å². The van der Waals surface area contributed by atoms with E-state index >= 15 is 0 Å². The molecule has 0 saturated heterocycles. The molecule has 0 bridgehead atoms. The highest BCUT2D eigenvalue weighted by molar-refractivity contribution is 9.10. The maximum atomic E-state index is 6.27. The molecule has 6 heteroatoms. The fourth-order valence-corrected chi connectivity index (χ4v) is 3.07. The maximum absolute atomic E-state index is 6.27. The Balaban J connectivity index is 2.27. The first-order valence-electron chi connectivity index (χ1n) is 7.69. The van der Waals surface area contributed by atoms with Crippen LogP contribution in [0.1, 0.15) is 26.6 Å². The molecule has 23 heavy (non-hydrogen) atoms. The van der Waals surface area contributed by atoms with Crippen molar-refractivity contribution in [2.45, 2.75) is 39.5 Å². The molecule has 122 valence electrons. The average molecular weight is 377 g/mol. The molecular weight excluding hydrogens is 356 g/mol. The second kappa shape index (κ2) is 6.19. The zero-order valence-corrected chi connectivity index (χ0v) is 15.2. The zero-order chi connectivity index (χ0) is 16.6. The van der Waals surface area contributed by atoms with Crippen LogP contribution in [-0.4, -0.2) is 26.7 Å². The predicted molar refractivity (Wildman–Crippen MR) is 96.3 cm³/mol. The van der Waals surface area contributed by atoms with E-state index in [0.717, 1.165) is 32.2 Å². The third-order valence-electron chi connectivity index (χ3n) is 3.62. The molecule has 2 heterocycles. The van der Waals surface area contributed by atoms with Crippen molar-refractivity contribution in [2.75, 3.05) is 6.61 Å². The van der Waals surface area contributed by atoms with Gasteiger partial charge in [-0.3, -0.25) is 4.98 Å². The van der Waals surface area contributed by atoms with Crippen LogP contribution < -0.4 is 5.73 Å². The van der Waals surface area contributed by atoms with Crippen molar-refractivity contribution in [1.82, 2.24) is 14.5 Å². The van der Waals surface area contributed by atoms with Crippen molar-refractivity contribution in [2.24, 2.45) is 5.73 Å². The maximum Gasteiger partial charge on any atom is 0.136 e. The van der Waals surface area contributed by atoms with Gasteiger partial charge in [0.25, 0.3) is 0 Å². The van der Waals surface area contributed by atoms with Gasteiger partial charge in [0.2, 0.25) is 0 Å². The van der Waals surface area contributed by atoms with E-state index in [9.17, 15) is 0 Å². The Hall–Kier alpha value is -1.50. The van der Waals surface area contributed by atoms with Crippen LogP contribution in [0.3, 0.4) is 0 Å². The number of rotatable bonds is 5. The molecule has 0 amide bonds. The van der Waals surface area contributed by atoms with Crippen LogP contribution in [0.2, 0.25) is 0 Å². The lowest BCUT2D eigenvalue weighted by atomic mass is 10.1. The van der Waals surface area contributed by atoms with Gasteiger partial charge >= 0.3 is 0 Å². The predicted octanol–water partition coefficient (Wildman–Crippen LogP) is 3.62. The molecule has 0 radical (unpaired) electrons. The van der Waals surface area contributed by atoms with E-state index in [1.165, 1.54) is 0 Å². The Kier molecular flexibility index (Phi) is 4.40. The average Bonchev–Trinajstić information content (AvgIpc) is 2.81. The standard InChI is InChI=1S/C17H21BrN4O/c1-4-23-9-15-21-14-8-20-13-7-11(18)5-6-12(13)16(14)22(15)10-17(2,3)19/h5-8H,4,9-10,19H2,1-3H3. The lowest BCUT2D eigenvalue weighted by Gasteiger charge is -2.21. The number of halogens is 1. The summed E-state index contributed by atoms with van der Waals surface area (Å²) in [4.78, 5) is 9.24. The largest absolute Gasteiger partial charge is 0.374 e. The Bertz CT molecular complexity index is 851. The van der Waals surface area contributed by atoms with E-state index < -0.39 is 0 Å². The minimum Gasteiger partial charge on any atom is -0.374 e. The molecule has 2 aromatic heterocycles. The highest BCUT2D eigenvalue weighted by Gasteiger charge is 2.20. The first-order valence-corrected chi connectivity index (χ1v) is 8.48. The van der Waals surface area contributed by atoms with E-state index in [0.29, 0.717) is 19.8 Å². The normalized spacial score (nSPS) is 12.4. The van der Waals surface area contributed by atoms with Gasteiger partial charge in [-0.2, -0.15) is 0 Å². The molecule has 0 fully saturated rings. The second-order valence-corrected chi connectivity index (χ2v) is 7.31. The smallest absolute Gasteiger partial charge is 0.136 e. The summed E-state index contributed by atoms with van der Waals surface area (Å²) in [6, 6.07) is 6.11. The van der Waals surface area contributed by atoms with Crippen molar-refractivity contribution < 1.29 is 4.74 Å². The van der Waals surface area contributed by atoms with Crippen LogP contribution in [0, 0.1) is 0 Å². The number of aromatic nitrogens is 3. The lowest BCUT2D eigenvalue weighted by Crippen LogP contribution is -2.37. The minimum absolute atomic E-state index is 0.348. The number of pyridine rings is 1. The van der Waals surface area contributed by atoms with Gasteiger partial charge in [-0.05, 0) is 39.0 Å². The highest BCUT2D eigenvalue weighted by atomic mass is 79.9. The van der Waals surface area contributed by atoms with Gasteiger partial charge in [0.05, 0.1) is 17.2 Å². The molecule has 1 aromatic carbocycles. The summed E-state index contributed by atoms with van der Waals surface area (Å²) in [6.45, 7) is 7.81. The fraction of sp³-hybridized carbons (Fsp3) is 0.412. The van der Waals surface area contributed by atoms with Crippen LogP contribution >= 0.6 is 15.9 Å². The van der Waals surface area contributed by atoms with Crippen molar-refractivity contribution in [1.29, 1.82) is 0 Å². The molecule has 0 atom stereocenters. The van der Waals surface area contributed by atoms with Crippen LogP contribution in [0.4, 0.5) is 0 Å². The SMILES string of the molecule is CCOCc1nc2cnc3cc(Br)ccc3c2n1CC(C)(C)N. The number of nitrogens with two attached hydrogens (primary N) is 1. The number of fused-ring (bicyclic) bond motifs is 3. The Labute approximate surface area is 144 Å². The lowest BCUT2D eigenvalue weighted by molar-refractivity contribution is 0.125. The third kappa shape index (κ3) is 3.39. The van der Waals surface area contributed by atoms with Gasteiger partial charge in [-0.25, -0.2) is 4.98 Å². The summed E-state index contributed by atoms with van der Waals surface area (Å²) in [5, 5.41) is 1.07. The van der Waals surface area contributed by atoms with Crippen LogP contribution in [-0.2, 0) is 17.9 Å². The number of hydrogen-bond acceptors (Lipinski definition) is 4. The first kappa shape index (κ1) is 16.4. The van der Waals surface area contributed by atoms with Gasteiger partial charge in [-0.15, -0.1) is 0 Å². The van der Waals surface area contributed by atoms with Crippen LogP contribution in [0.5, 0.6) is 0 Å². The number of imidazole rings is 1. The van der Waals surface area contributed by atoms with Crippen molar-refractivity contribution in [3.8, 4) is 0 Å². The number of nitrogens with zero attached hydrogens (tertiary/aromatic N) is 3. The molecule has 0 aliphatic carbocycles. The third-order valence-corrected chi connectivity index (χ3v) is 4.11. The van der Waals surface area contributed by atoms with Crippen LogP contribution in [0.15, 0.2) is 28.9 Å². The Morgan fingerprint density at radius 1 is 1.30 bits per heavy atom. The Morgan fingerprint density at radius 2 is 2.09 bits per heavy atom. The summed E-state index contributed by atoms with van der Waals surface area (Å²) < 4.78 is 8.76. The van der Waals surface area contributed by atoms with Gasteiger partial charge in [0, 0.05) is 28.5 Å². The monoisotopic (exact) mass is 376 g/mol. The van der Waals surface area contributed by atoms with Gasteiger partial charge in [-0.1, -0.05) is 15.9 Å². The highest BCUT2D eigenvalue weighted by Crippen LogP contribution is 2.28. The summed E-state index contributed by atoms with van der Waals surface area (Å²) >= 11 is 3.50. The summed E-state index contributed by atoms with van der Waals surface area (Å²) in [7, 11) is 0. The number of benzene rings is 1. The van der Waals surface area contributed by atoms with E-state index in [1.807, 2.05) is 39.1 Å². The molecule has 0 spiro atoms. The molecule has 3 rings (SSSR count). The van der Waals surface area contributed by atoms with E-state index in [4.69, 9.17) is 15.5 Å². The fourth-order valence-electron chi connectivity index (χ4n) is 2.72. The molecule has 0 saturated carbocycles. The molecule has 0 aliphatic heterocycles. The molecule has 0 unspecified atom stereocenters. The zero-order valence-electron chi connectivity index (χ0n) is 13.6. The van der Waals surface area contributed by atoms with Crippen LogP contribution in [0.25, 0.3) is 21.9 Å². The van der Waals surface area contributed by atoms with Crippen molar-refractivity contribution in [3.63, 3.8) is 0 Å².